The second-order valence-electron chi connectivity index (χ2n) is 6.10. The van der Waals surface area contributed by atoms with E-state index < -0.39 is 0 Å². The highest BCUT2D eigenvalue weighted by Crippen LogP contribution is 2.22. The minimum Gasteiger partial charge on any atom is -0.467 e. The van der Waals surface area contributed by atoms with Gasteiger partial charge >= 0.3 is 0 Å². The molecule has 0 aliphatic carbocycles. The number of aromatic nitrogens is 2. The molecular formula is C22H20N4O. The van der Waals surface area contributed by atoms with Gasteiger partial charge in [-0.2, -0.15) is 4.98 Å². The Bertz CT molecular complexity index is 970. The van der Waals surface area contributed by atoms with Gasteiger partial charge in [-0.15, -0.1) is 0 Å². The Morgan fingerprint density at radius 1 is 0.741 bits per heavy atom. The normalized spacial score (nSPS) is 10.5. The predicted molar refractivity (Wildman–Crippen MR) is 107 cm³/mol. The van der Waals surface area contributed by atoms with Crippen LogP contribution in [0.4, 0.5) is 11.8 Å². The largest absolute Gasteiger partial charge is 0.467 e. The van der Waals surface area contributed by atoms with Crippen molar-refractivity contribution in [1.29, 1.82) is 0 Å². The molecule has 2 aromatic carbocycles. The molecule has 0 unspecified atom stereocenters. The summed E-state index contributed by atoms with van der Waals surface area (Å²) in [6, 6.07) is 26.1. The summed E-state index contributed by atoms with van der Waals surface area (Å²) in [6.45, 7) is 1.23. The molecule has 4 rings (SSSR count). The summed E-state index contributed by atoms with van der Waals surface area (Å²) < 4.78 is 5.37. The van der Waals surface area contributed by atoms with Gasteiger partial charge in [-0.3, -0.25) is 0 Å². The smallest absolute Gasteiger partial charge is 0.225 e. The SMILES string of the molecule is c1ccc(CNc2cc(-c3ccccc3)nc(NCc3ccco3)n2)cc1. The van der Waals surface area contributed by atoms with Crippen molar-refractivity contribution < 1.29 is 4.42 Å². The second kappa shape index (κ2) is 8.19. The maximum absolute atomic E-state index is 5.37. The molecule has 0 aliphatic heterocycles. The molecule has 0 radical (unpaired) electrons. The molecular weight excluding hydrogens is 336 g/mol. The summed E-state index contributed by atoms with van der Waals surface area (Å²) in [4.78, 5) is 9.25. The van der Waals surface area contributed by atoms with Crippen molar-refractivity contribution in [3.63, 3.8) is 0 Å². The van der Waals surface area contributed by atoms with Crippen LogP contribution in [0.3, 0.4) is 0 Å². The molecule has 0 aliphatic rings. The van der Waals surface area contributed by atoms with E-state index in [-0.39, 0.29) is 0 Å². The van der Waals surface area contributed by atoms with Crippen LogP contribution in [0.5, 0.6) is 0 Å². The number of anilines is 2. The standard InChI is InChI=1S/C22H20N4O/c1-3-8-17(9-4-1)15-23-21-14-20(18-10-5-2-6-11-18)25-22(26-21)24-16-19-12-7-13-27-19/h1-14H,15-16H2,(H2,23,24,25,26). The predicted octanol–water partition coefficient (Wildman–Crippen LogP) is 4.96. The molecule has 0 amide bonds. The first-order valence-corrected chi connectivity index (χ1v) is 8.85. The third-order valence-corrected chi connectivity index (χ3v) is 4.11. The average Bonchev–Trinajstić information content (AvgIpc) is 3.26. The zero-order valence-corrected chi connectivity index (χ0v) is 14.8. The van der Waals surface area contributed by atoms with Crippen LogP contribution in [0.25, 0.3) is 11.3 Å². The van der Waals surface area contributed by atoms with Crippen molar-refractivity contribution in [1.82, 2.24) is 9.97 Å². The lowest BCUT2D eigenvalue weighted by Gasteiger charge is -2.11. The zero-order chi connectivity index (χ0) is 18.3. The van der Waals surface area contributed by atoms with Crippen molar-refractivity contribution in [2.75, 3.05) is 10.6 Å². The minimum absolute atomic E-state index is 0.531. The number of furan rings is 1. The molecule has 2 N–H and O–H groups in total. The first-order valence-electron chi connectivity index (χ1n) is 8.85. The van der Waals surface area contributed by atoms with Crippen molar-refractivity contribution in [3.05, 3.63) is 96.4 Å². The Hall–Kier alpha value is -3.60. The molecule has 0 atom stereocenters. The molecule has 0 fully saturated rings. The first kappa shape index (κ1) is 16.8. The number of benzene rings is 2. The van der Waals surface area contributed by atoms with Gasteiger partial charge < -0.3 is 15.1 Å². The quantitative estimate of drug-likeness (QED) is 0.490. The lowest BCUT2D eigenvalue weighted by Crippen LogP contribution is -2.07. The maximum Gasteiger partial charge on any atom is 0.225 e. The third kappa shape index (κ3) is 4.52. The molecule has 0 spiro atoms. The molecule has 0 bridgehead atoms. The van der Waals surface area contributed by atoms with Crippen LogP contribution >= 0.6 is 0 Å². The highest BCUT2D eigenvalue weighted by Gasteiger charge is 2.07. The summed E-state index contributed by atoms with van der Waals surface area (Å²) in [5.41, 5.74) is 3.11. The summed E-state index contributed by atoms with van der Waals surface area (Å²) in [5, 5.41) is 6.63. The van der Waals surface area contributed by atoms with Crippen LogP contribution < -0.4 is 10.6 Å². The number of hydrogen-bond donors (Lipinski definition) is 2. The molecule has 0 saturated heterocycles. The Morgan fingerprint density at radius 3 is 2.26 bits per heavy atom. The fourth-order valence-corrected chi connectivity index (χ4v) is 2.74. The van der Waals surface area contributed by atoms with E-state index in [0.29, 0.717) is 19.0 Å². The number of hydrogen-bond acceptors (Lipinski definition) is 5. The van der Waals surface area contributed by atoms with Gasteiger partial charge in [-0.1, -0.05) is 60.7 Å². The highest BCUT2D eigenvalue weighted by atomic mass is 16.3. The lowest BCUT2D eigenvalue weighted by atomic mass is 10.1. The first-order chi connectivity index (χ1) is 13.4. The van der Waals surface area contributed by atoms with Crippen molar-refractivity contribution in [2.45, 2.75) is 13.1 Å². The maximum atomic E-state index is 5.37. The summed E-state index contributed by atoms with van der Waals surface area (Å²) >= 11 is 0. The fourth-order valence-electron chi connectivity index (χ4n) is 2.74. The van der Waals surface area contributed by atoms with Gasteiger partial charge in [0.05, 0.1) is 18.5 Å². The van der Waals surface area contributed by atoms with Gasteiger partial charge in [0.25, 0.3) is 0 Å². The summed E-state index contributed by atoms with van der Waals surface area (Å²) in [7, 11) is 0. The van der Waals surface area contributed by atoms with Crippen LogP contribution in [0.2, 0.25) is 0 Å². The van der Waals surface area contributed by atoms with E-state index in [0.717, 1.165) is 22.8 Å². The van der Waals surface area contributed by atoms with E-state index in [9.17, 15) is 0 Å². The fraction of sp³-hybridized carbons (Fsp3) is 0.0909. The van der Waals surface area contributed by atoms with Gasteiger partial charge in [-0.05, 0) is 17.7 Å². The van der Waals surface area contributed by atoms with Crippen LogP contribution in [0.1, 0.15) is 11.3 Å². The Morgan fingerprint density at radius 2 is 1.52 bits per heavy atom. The number of nitrogens with one attached hydrogen (secondary N) is 2. The Kier molecular flexibility index (Phi) is 5.11. The van der Waals surface area contributed by atoms with Crippen molar-refractivity contribution in [2.24, 2.45) is 0 Å². The number of rotatable bonds is 7. The second-order valence-corrected chi connectivity index (χ2v) is 6.10. The van der Waals surface area contributed by atoms with Gasteiger partial charge in [0, 0.05) is 18.2 Å². The van der Waals surface area contributed by atoms with E-state index in [2.05, 4.69) is 32.7 Å². The molecule has 4 aromatic rings. The molecule has 5 heteroatoms. The van der Waals surface area contributed by atoms with E-state index in [4.69, 9.17) is 4.42 Å². The van der Waals surface area contributed by atoms with Crippen LogP contribution in [-0.4, -0.2) is 9.97 Å². The van der Waals surface area contributed by atoms with E-state index >= 15 is 0 Å². The highest BCUT2D eigenvalue weighted by molar-refractivity contribution is 5.64. The van der Waals surface area contributed by atoms with Gasteiger partial charge in [-0.25, -0.2) is 4.98 Å². The van der Waals surface area contributed by atoms with Crippen LogP contribution in [-0.2, 0) is 13.1 Å². The number of nitrogens with zero attached hydrogens (tertiary/aromatic N) is 2. The van der Waals surface area contributed by atoms with E-state index in [1.54, 1.807) is 6.26 Å². The van der Waals surface area contributed by atoms with Crippen molar-refractivity contribution in [3.8, 4) is 11.3 Å². The van der Waals surface area contributed by atoms with Gasteiger partial charge in [0.15, 0.2) is 0 Å². The summed E-state index contributed by atoms with van der Waals surface area (Å²) in [5.74, 6) is 2.17. The summed E-state index contributed by atoms with van der Waals surface area (Å²) in [6.07, 6.45) is 1.66. The molecule has 5 nitrogen and oxygen atoms in total. The van der Waals surface area contributed by atoms with E-state index in [1.165, 1.54) is 5.56 Å². The molecule has 27 heavy (non-hydrogen) atoms. The van der Waals surface area contributed by atoms with Crippen molar-refractivity contribution >= 4 is 11.8 Å². The van der Waals surface area contributed by atoms with Gasteiger partial charge in [0.2, 0.25) is 5.95 Å². The molecule has 134 valence electrons. The topological polar surface area (TPSA) is 63.0 Å². The van der Waals surface area contributed by atoms with E-state index in [1.807, 2.05) is 66.7 Å². The van der Waals surface area contributed by atoms with Crippen LogP contribution in [0.15, 0.2) is 89.5 Å². The molecule has 0 saturated carbocycles. The van der Waals surface area contributed by atoms with Crippen LogP contribution in [0, 0.1) is 0 Å². The Balaban J connectivity index is 1.57. The minimum atomic E-state index is 0.531. The lowest BCUT2D eigenvalue weighted by molar-refractivity contribution is 0.517. The third-order valence-electron chi connectivity index (χ3n) is 4.11. The molecule has 2 aromatic heterocycles. The monoisotopic (exact) mass is 356 g/mol. The Labute approximate surface area is 158 Å². The molecule has 2 heterocycles. The zero-order valence-electron chi connectivity index (χ0n) is 14.8. The average molecular weight is 356 g/mol. The van der Waals surface area contributed by atoms with Gasteiger partial charge in [0.1, 0.15) is 11.6 Å².